The molecule has 5 aromatic rings. The number of ether oxygens (including phenoxy) is 2. The number of fused-ring (bicyclic) bond motifs is 1. The summed E-state index contributed by atoms with van der Waals surface area (Å²) in [5.41, 5.74) is 2.20. The van der Waals surface area contributed by atoms with Crippen molar-refractivity contribution in [3.8, 4) is 11.5 Å². The molecule has 2 N–H and O–H groups in total. The maximum Gasteiger partial charge on any atom is 0.227 e. The first-order chi connectivity index (χ1) is 23.4. The first-order valence-corrected chi connectivity index (χ1v) is 16.6. The standard InChI is InChI=1S/C42H41NO5/c1-47-38-24-14-12-22-34(38)42(46)36-28-43(40(45)25-31-17-11-13-23-37(31)48-29-30-15-5-2-6-16-30)27-35(36)41(26-39(42)44,32-18-7-3-8-19-32)33-20-9-4-10-21-33/h2-24,35-36,39,44,46H,25-29H2,1H3/t35-,36+,39?,42+/m1/s1. The summed E-state index contributed by atoms with van der Waals surface area (Å²) in [7, 11) is 1.58. The van der Waals surface area contributed by atoms with Crippen LogP contribution in [0.15, 0.2) is 140 Å². The number of aliphatic hydroxyl groups is 2. The molecule has 7 rings (SSSR count). The summed E-state index contributed by atoms with van der Waals surface area (Å²) in [6.07, 6.45) is -0.712. The Labute approximate surface area is 282 Å². The molecule has 0 spiro atoms. The van der Waals surface area contributed by atoms with Gasteiger partial charge in [-0.3, -0.25) is 4.79 Å². The molecule has 1 amide bonds. The molecule has 1 aliphatic heterocycles. The molecule has 1 aliphatic carbocycles. The topological polar surface area (TPSA) is 79.2 Å². The van der Waals surface area contributed by atoms with E-state index in [0.29, 0.717) is 30.2 Å². The molecule has 5 aromatic carbocycles. The number of methoxy groups -OCH3 is 1. The zero-order valence-corrected chi connectivity index (χ0v) is 27.1. The Morgan fingerprint density at radius 1 is 0.729 bits per heavy atom. The number of nitrogens with zero attached hydrogens (tertiary/aromatic N) is 1. The van der Waals surface area contributed by atoms with E-state index in [1.807, 2.05) is 120 Å². The van der Waals surface area contributed by atoms with E-state index >= 15 is 0 Å². The Bertz CT molecular complexity index is 1810. The molecule has 1 heterocycles. The molecule has 0 radical (unpaired) electrons. The molecule has 1 unspecified atom stereocenters. The summed E-state index contributed by atoms with van der Waals surface area (Å²) in [5.74, 6) is 0.432. The Morgan fingerprint density at radius 2 is 1.27 bits per heavy atom. The van der Waals surface area contributed by atoms with Crippen LogP contribution in [-0.2, 0) is 28.8 Å². The molecule has 6 heteroatoms. The second-order valence-corrected chi connectivity index (χ2v) is 13.0. The molecule has 1 saturated heterocycles. The quantitative estimate of drug-likeness (QED) is 0.192. The van der Waals surface area contributed by atoms with E-state index in [4.69, 9.17) is 9.47 Å². The molecule has 244 valence electrons. The third kappa shape index (κ3) is 5.55. The fraction of sp³-hybridized carbons (Fsp3) is 0.262. The van der Waals surface area contributed by atoms with E-state index < -0.39 is 23.0 Å². The van der Waals surface area contributed by atoms with Crippen LogP contribution in [0.5, 0.6) is 11.5 Å². The van der Waals surface area contributed by atoms with Crippen molar-refractivity contribution in [2.45, 2.75) is 36.6 Å². The van der Waals surface area contributed by atoms with Crippen LogP contribution in [0.1, 0.15) is 34.2 Å². The van der Waals surface area contributed by atoms with Crippen LogP contribution in [0.4, 0.5) is 0 Å². The number of amides is 1. The highest BCUT2D eigenvalue weighted by molar-refractivity contribution is 5.80. The van der Waals surface area contributed by atoms with Crippen molar-refractivity contribution in [2.75, 3.05) is 20.2 Å². The van der Waals surface area contributed by atoms with Crippen LogP contribution >= 0.6 is 0 Å². The first kappa shape index (κ1) is 31.7. The van der Waals surface area contributed by atoms with Crippen molar-refractivity contribution < 1.29 is 24.5 Å². The van der Waals surface area contributed by atoms with Crippen molar-refractivity contribution in [1.29, 1.82) is 0 Å². The Morgan fingerprint density at radius 3 is 1.92 bits per heavy atom. The fourth-order valence-corrected chi connectivity index (χ4v) is 8.27. The van der Waals surface area contributed by atoms with E-state index in [2.05, 4.69) is 24.3 Å². The molecule has 4 atom stereocenters. The van der Waals surface area contributed by atoms with Gasteiger partial charge >= 0.3 is 0 Å². The van der Waals surface area contributed by atoms with Gasteiger partial charge in [0, 0.05) is 35.5 Å². The van der Waals surface area contributed by atoms with Crippen molar-refractivity contribution in [3.63, 3.8) is 0 Å². The lowest BCUT2D eigenvalue weighted by molar-refractivity contribution is -0.168. The predicted molar refractivity (Wildman–Crippen MR) is 186 cm³/mol. The number of hydrogen-bond donors (Lipinski definition) is 2. The predicted octanol–water partition coefficient (Wildman–Crippen LogP) is 6.53. The highest BCUT2D eigenvalue weighted by atomic mass is 16.5. The van der Waals surface area contributed by atoms with Crippen LogP contribution in [0.2, 0.25) is 0 Å². The van der Waals surface area contributed by atoms with E-state index in [9.17, 15) is 15.0 Å². The van der Waals surface area contributed by atoms with Gasteiger partial charge in [-0.1, -0.05) is 127 Å². The van der Waals surface area contributed by atoms with Crippen LogP contribution in [0, 0.1) is 11.8 Å². The number of aliphatic hydroxyl groups excluding tert-OH is 1. The zero-order valence-electron chi connectivity index (χ0n) is 27.1. The molecular formula is C42H41NO5. The maximum absolute atomic E-state index is 14.3. The molecule has 1 saturated carbocycles. The molecule has 6 nitrogen and oxygen atoms in total. The Kier molecular flexibility index (Phi) is 8.78. The molecule has 0 aromatic heterocycles. The summed E-state index contributed by atoms with van der Waals surface area (Å²) < 4.78 is 11.9. The lowest BCUT2D eigenvalue weighted by Gasteiger charge is -2.55. The van der Waals surface area contributed by atoms with Gasteiger partial charge in [0.2, 0.25) is 5.91 Å². The lowest BCUT2D eigenvalue weighted by atomic mass is 9.51. The van der Waals surface area contributed by atoms with Gasteiger partial charge in [0.1, 0.15) is 23.7 Å². The van der Waals surface area contributed by atoms with Gasteiger partial charge in [-0.2, -0.15) is 0 Å². The number of para-hydroxylation sites is 2. The monoisotopic (exact) mass is 639 g/mol. The summed E-state index contributed by atoms with van der Waals surface area (Å²) in [6, 6.07) is 45.5. The van der Waals surface area contributed by atoms with Crippen molar-refractivity contribution in [2.24, 2.45) is 11.8 Å². The first-order valence-electron chi connectivity index (χ1n) is 16.6. The van der Waals surface area contributed by atoms with E-state index in [1.54, 1.807) is 7.11 Å². The van der Waals surface area contributed by atoms with Gasteiger partial charge in [-0.15, -0.1) is 0 Å². The summed E-state index contributed by atoms with van der Waals surface area (Å²) in [5, 5.41) is 25.1. The highest BCUT2D eigenvalue weighted by Gasteiger charge is 2.64. The highest BCUT2D eigenvalue weighted by Crippen LogP contribution is 2.60. The largest absolute Gasteiger partial charge is 0.496 e. The Balaban J connectivity index is 1.28. The van der Waals surface area contributed by atoms with E-state index in [0.717, 1.165) is 22.3 Å². The second-order valence-electron chi connectivity index (χ2n) is 13.0. The SMILES string of the molecule is COc1ccccc1[C@@]1(O)C(O)CC(c2ccccc2)(c2ccccc2)[C@@H]2CN(C(=O)Cc3ccccc3OCc3ccccc3)C[C@@H]21. The fourth-order valence-electron chi connectivity index (χ4n) is 8.27. The molecular weight excluding hydrogens is 598 g/mol. The molecule has 48 heavy (non-hydrogen) atoms. The number of hydrogen-bond acceptors (Lipinski definition) is 5. The normalized spacial score (nSPS) is 22.9. The smallest absolute Gasteiger partial charge is 0.227 e. The average Bonchev–Trinajstić information content (AvgIpc) is 3.61. The number of likely N-dealkylation sites (tertiary alicyclic amines) is 1. The van der Waals surface area contributed by atoms with Gasteiger partial charge in [-0.25, -0.2) is 0 Å². The molecule has 0 bridgehead atoms. The summed E-state index contributed by atoms with van der Waals surface area (Å²) >= 11 is 0. The van der Waals surface area contributed by atoms with Crippen LogP contribution in [0.3, 0.4) is 0 Å². The lowest BCUT2D eigenvalue weighted by Crippen LogP contribution is -2.60. The number of carbonyl (C=O) groups is 1. The molecule has 2 aliphatic rings. The van der Waals surface area contributed by atoms with Crippen LogP contribution in [-0.4, -0.2) is 47.3 Å². The van der Waals surface area contributed by atoms with Crippen molar-refractivity contribution in [3.05, 3.63) is 167 Å². The van der Waals surface area contributed by atoms with Crippen LogP contribution in [0.25, 0.3) is 0 Å². The number of rotatable bonds is 9. The van der Waals surface area contributed by atoms with Gasteiger partial charge in [0.15, 0.2) is 0 Å². The third-order valence-electron chi connectivity index (χ3n) is 10.6. The number of carbonyl (C=O) groups excluding carboxylic acids is 1. The number of benzene rings is 5. The minimum Gasteiger partial charge on any atom is -0.496 e. The third-order valence-corrected chi connectivity index (χ3v) is 10.6. The average molecular weight is 640 g/mol. The van der Waals surface area contributed by atoms with E-state index in [-0.39, 0.29) is 31.2 Å². The van der Waals surface area contributed by atoms with Gasteiger partial charge in [-0.05, 0) is 41.2 Å². The van der Waals surface area contributed by atoms with Crippen LogP contribution < -0.4 is 9.47 Å². The second kappa shape index (κ2) is 13.3. The van der Waals surface area contributed by atoms with E-state index in [1.165, 1.54) is 0 Å². The van der Waals surface area contributed by atoms with Gasteiger partial charge in [0.05, 0.1) is 19.6 Å². The summed E-state index contributed by atoms with van der Waals surface area (Å²) in [6.45, 7) is 1.11. The van der Waals surface area contributed by atoms with Gasteiger partial charge < -0.3 is 24.6 Å². The minimum atomic E-state index is -1.66. The van der Waals surface area contributed by atoms with Gasteiger partial charge in [0.25, 0.3) is 0 Å². The Hall–Kier alpha value is -4.91. The minimum absolute atomic E-state index is 0.0490. The maximum atomic E-state index is 14.3. The molecule has 2 fully saturated rings. The van der Waals surface area contributed by atoms with Crippen molar-refractivity contribution in [1.82, 2.24) is 4.90 Å². The summed E-state index contributed by atoms with van der Waals surface area (Å²) in [4.78, 5) is 16.2. The van der Waals surface area contributed by atoms with Crippen molar-refractivity contribution >= 4 is 5.91 Å². The zero-order chi connectivity index (χ0) is 33.1.